The molecule has 0 aliphatic carbocycles. The molecule has 0 radical (unpaired) electrons. The molecule has 4 aromatic carbocycles. The Morgan fingerprint density at radius 2 is 1.42 bits per heavy atom. The number of aromatic nitrogens is 2. The summed E-state index contributed by atoms with van der Waals surface area (Å²) in [6, 6.07) is 33.1. The highest BCUT2D eigenvalue weighted by Crippen LogP contribution is 2.43. The molecule has 5 aromatic rings. The van der Waals surface area contributed by atoms with Crippen LogP contribution in [0.1, 0.15) is 68.2 Å². The average molecular weight is 802 g/mol. The van der Waals surface area contributed by atoms with E-state index in [2.05, 4.69) is 10.3 Å². The monoisotopic (exact) mass is 801 g/mol. The molecule has 2 aliphatic rings. The van der Waals surface area contributed by atoms with Crippen molar-refractivity contribution in [3.05, 3.63) is 164 Å². The SMILES string of the molecule is COc1ccc(C(OC[C@H]2O[C@@H](n3cc(/C=C/CNCc4ccccc4B4OC(C)(C)C(C)(C)O4)c(=O)[nH]c3=O)CC2O)(c2ccccc2)c2ccc(OC)cc2)cc1. The zero-order valence-corrected chi connectivity index (χ0v) is 34.3. The lowest BCUT2D eigenvalue weighted by atomic mass is 9.76. The summed E-state index contributed by atoms with van der Waals surface area (Å²) in [4.78, 5) is 28.5. The summed E-state index contributed by atoms with van der Waals surface area (Å²) in [5, 5.41) is 14.8. The van der Waals surface area contributed by atoms with Gasteiger partial charge in [-0.25, -0.2) is 4.79 Å². The first kappa shape index (κ1) is 41.9. The van der Waals surface area contributed by atoms with Gasteiger partial charge in [0.15, 0.2) is 0 Å². The van der Waals surface area contributed by atoms with Gasteiger partial charge in [-0.15, -0.1) is 0 Å². The van der Waals surface area contributed by atoms with Crippen molar-refractivity contribution in [2.45, 2.75) is 75.9 Å². The molecule has 0 saturated carbocycles. The minimum Gasteiger partial charge on any atom is -0.497 e. The number of methoxy groups -OCH3 is 2. The van der Waals surface area contributed by atoms with Gasteiger partial charge in [0, 0.05) is 25.7 Å². The summed E-state index contributed by atoms with van der Waals surface area (Å²) >= 11 is 0. The third-order valence-corrected chi connectivity index (χ3v) is 11.6. The summed E-state index contributed by atoms with van der Waals surface area (Å²) in [7, 11) is 2.75. The van der Waals surface area contributed by atoms with Crippen molar-refractivity contribution in [2.75, 3.05) is 27.4 Å². The van der Waals surface area contributed by atoms with Crippen LogP contribution in [-0.4, -0.2) is 72.6 Å². The summed E-state index contributed by atoms with van der Waals surface area (Å²) in [6.45, 7) is 9.08. The standard InChI is InChI=1S/C46H52BN3O9/c1-44(2)45(3,4)59-47(58-44)38-17-11-10-13-31(38)28-48-26-12-14-32-29-50(43(53)49-42(32)52)41-27-39(51)40(57-41)30-56-46(33-15-8-7-9-16-33,34-18-22-36(54-5)23-19-34)35-20-24-37(55-6)25-21-35/h7-25,29,39-41,48,51H,26-28,30H2,1-6H3,(H,49,52,53)/b14-12+/t39?,40-,41-/m1/s1. The molecular formula is C46H52BN3O9. The van der Waals surface area contributed by atoms with Gasteiger partial charge in [0.05, 0.1) is 43.7 Å². The molecule has 1 aromatic heterocycles. The molecule has 0 amide bonds. The lowest BCUT2D eigenvalue weighted by Crippen LogP contribution is -2.41. The summed E-state index contributed by atoms with van der Waals surface area (Å²) < 4.78 is 38.1. The van der Waals surface area contributed by atoms with Gasteiger partial charge in [0.1, 0.15) is 29.4 Å². The first-order valence-electron chi connectivity index (χ1n) is 19.8. The normalized spacial score (nSPS) is 20.0. The van der Waals surface area contributed by atoms with E-state index in [1.807, 2.05) is 137 Å². The van der Waals surface area contributed by atoms with Gasteiger partial charge in [-0.2, -0.15) is 0 Å². The Hall–Kier alpha value is -5.28. The van der Waals surface area contributed by atoms with Gasteiger partial charge in [-0.3, -0.25) is 14.3 Å². The Balaban J connectivity index is 1.06. The van der Waals surface area contributed by atoms with Crippen molar-refractivity contribution in [2.24, 2.45) is 0 Å². The molecule has 3 heterocycles. The summed E-state index contributed by atoms with van der Waals surface area (Å²) in [5.41, 5.74) is 1.57. The highest BCUT2D eigenvalue weighted by Gasteiger charge is 2.52. The van der Waals surface area contributed by atoms with Gasteiger partial charge < -0.3 is 38.7 Å². The average Bonchev–Trinajstić information content (AvgIpc) is 3.72. The van der Waals surface area contributed by atoms with E-state index in [-0.39, 0.29) is 18.6 Å². The number of benzene rings is 4. The number of aliphatic hydroxyl groups excluding tert-OH is 1. The van der Waals surface area contributed by atoms with Crippen LogP contribution in [0.5, 0.6) is 11.5 Å². The van der Waals surface area contributed by atoms with Crippen LogP contribution >= 0.6 is 0 Å². The van der Waals surface area contributed by atoms with Crippen LogP contribution < -0.4 is 31.5 Å². The fourth-order valence-electron chi connectivity index (χ4n) is 7.52. The van der Waals surface area contributed by atoms with Gasteiger partial charge in [-0.1, -0.05) is 91.0 Å². The minimum absolute atomic E-state index is 0.0290. The van der Waals surface area contributed by atoms with Gasteiger partial charge in [-0.05, 0) is 79.7 Å². The first-order valence-corrected chi connectivity index (χ1v) is 19.8. The van der Waals surface area contributed by atoms with E-state index in [0.29, 0.717) is 24.6 Å². The number of ether oxygens (including phenoxy) is 4. The van der Waals surface area contributed by atoms with E-state index < -0.39 is 53.6 Å². The van der Waals surface area contributed by atoms with Crippen LogP contribution in [-0.2, 0) is 30.9 Å². The van der Waals surface area contributed by atoms with Crippen molar-refractivity contribution in [3.63, 3.8) is 0 Å². The number of hydrogen-bond donors (Lipinski definition) is 3. The highest BCUT2D eigenvalue weighted by molar-refractivity contribution is 6.62. The van der Waals surface area contributed by atoms with E-state index in [4.69, 9.17) is 28.3 Å². The molecule has 2 fully saturated rings. The van der Waals surface area contributed by atoms with Gasteiger partial charge in [0.2, 0.25) is 0 Å². The second-order valence-corrected chi connectivity index (χ2v) is 15.8. The third kappa shape index (κ3) is 8.72. The van der Waals surface area contributed by atoms with Gasteiger partial charge >= 0.3 is 12.8 Å². The number of hydrogen-bond acceptors (Lipinski definition) is 10. The molecule has 13 heteroatoms. The van der Waals surface area contributed by atoms with E-state index >= 15 is 0 Å². The second kappa shape index (κ2) is 17.5. The summed E-state index contributed by atoms with van der Waals surface area (Å²) in [6.07, 6.45) is 2.42. The van der Waals surface area contributed by atoms with Crippen LogP contribution in [0, 0.1) is 0 Å². The van der Waals surface area contributed by atoms with Crippen LogP contribution in [0.3, 0.4) is 0 Å². The Morgan fingerprint density at radius 3 is 2.03 bits per heavy atom. The van der Waals surface area contributed by atoms with Crippen LogP contribution in [0.4, 0.5) is 0 Å². The lowest BCUT2D eigenvalue weighted by molar-refractivity contribution is -0.0944. The molecule has 2 aliphatic heterocycles. The van der Waals surface area contributed by atoms with Crippen LogP contribution in [0.25, 0.3) is 6.08 Å². The van der Waals surface area contributed by atoms with Crippen molar-refractivity contribution >= 4 is 18.7 Å². The minimum atomic E-state index is -1.13. The van der Waals surface area contributed by atoms with E-state index in [1.54, 1.807) is 20.3 Å². The molecule has 3 atom stereocenters. The molecule has 7 rings (SSSR count). The zero-order valence-electron chi connectivity index (χ0n) is 34.3. The molecule has 59 heavy (non-hydrogen) atoms. The molecule has 2 saturated heterocycles. The maximum absolute atomic E-state index is 13.2. The Morgan fingerprint density at radius 1 is 0.847 bits per heavy atom. The number of nitrogens with one attached hydrogen (secondary N) is 2. The maximum atomic E-state index is 13.2. The number of aliphatic hydroxyl groups is 1. The Labute approximate surface area is 344 Å². The Kier molecular flexibility index (Phi) is 12.4. The fourth-order valence-corrected chi connectivity index (χ4v) is 7.52. The van der Waals surface area contributed by atoms with Crippen LogP contribution in [0.15, 0.2) is 125 Å². The molecule has 12 nitrogen and oxygen atoms in total. The third-order valence-electron chi connectivity index (χ3n) is 11.6. The highest BCUT2D eigenvalue weighted by atomic mass is 16.7. The molecule has 3 N–H and O–H groups in total. The molecular weight excluding hydrogens is 749 g/mol. The first-order chi connectivity index (χ1) is 28.3. The second-order valence-electron chi connectivity index (χ2n) is 15.8. The number of H-pyrrole nitrogens is 1. The molecule has 0 spiro atoms. The molecule has 308 valence electrons. The van der Waals surface area contributed by atoms with Crippen LogP contribution in [0.2, 0.25) is 0 Å². The van der Waals surface area contributed by atoms with Gasteiger partial charge in [0.25, 0.3) is 5.56 Å². The molecule has 0 bridgehead atoms. The van der Waals surface area contributed by atoms with Crippen molar-refractivity contribution in [1.82, 2.24) is 14.9 Å². The fraction of sp³-hybridized carbons (Fsp3) is 0.348. The van der Waals surface area contributed by atoms with Crippen molar-refractivity contribution in [3.8, 4) is 11.5 Å². The quantitative estimate of drug-likeness (QED) is 0.0725. The Bertz CT molecular complexity index is 2280. The predicted molar refractivity (Wildman–Crippen MR) is 227 cm³/mol. The topological polar surface area (TPSA) is 142 Å². The maximum Gasteiger partial charge on any atom is 0.495 e. The zero-order chi connectivity index (χ0) is 41.8. The van der Waals surface area contributed by atoms with E-state index in [0.717, 1.165) is 27.7 Å². The smallest absolute Gasteiger partial charge is 0.495 e. The largest absolute Gasteiger partial charge is 0.497 e. The number of aromatic amines is 1. The predicted octanol–water partition coefficient (Wildman–Crippen LogP) is 5.31. The number of rotatable bonds is 15. The number of nitrogens with zero attached hydrogens (tertiary/aromatic N) is 1. The summed E-state index contributed by atoms with van der Waals surface area (Å²) in [5.74, 6) is 1.39. The van der Waals surface area contributed by atoms with E-state index in [1.165, 1.54) is 10.8 Å². The molecule has 1 unspecified atom stereocenters. The van der Waals surface area contributed by atoms with Crippen molar-refractivity contribution in [1.29, 1.82) is 0 Å². The van der Waals surface area contributed by atoms with E-state index in [9.17, 15) is 14.7 Å². The van der Waals surface area contributed by atoms with Crippen molar-refractivity contribution < 1.29 is 33.4 Å². The lowest BCUT2D eigenvalue weighted by Gasteiger charge is -2.37.